The van der Waals surface area contributed by atoms with Crippen LogP contribution in [0.5, 0.6) is 5.75 Å². The fourth-order valence-corrected chi connectivity index (χ4v) is 4.32. The molecular formula is C25H23N3O4. The van der Waals surface area contributed by atoms with Crippen molar-refractivity contribution in [3.8, 4) is 5.75 Å². The van der Waals surface area contributed by atoms with Crippen molar-refractivity contribution >= 4 is 5.91 Å². The summed E-state index contributed by atoms with van der Waals surface area (Å²) in [6.45, 7) is 1.50. The highest BCUT2D eigenvalue weighted by molar-refractivity contribution is 5.96. The average Bonchev–Trinajstić information content (AvgIpc) is 2.81. The fourth-order valence-electron chi connectivity index (χ4n) is 4.32. The van der Waals surface area contributed by atoms with Crippen molar-refractivity contribution in [3.05, 3.63) is 112 Å². The lowest BCUT2D eigenvalue weighted by atomic mass is 9.94. The largest absolute Gasteiger partial charge is 0.502 e. The van der Waals surface area contributed by atoms with E-state index in [-0.39, 0.29) is 24.3 Å². The highest BCUT2D eigenvalue weighted by Gasteiger charge is 2.36. The number of nitrogens with zero attached hydrogens (tertiary/aromatic N) is 3. The minimum Gasteiger partial charge on any atom is -0.502 e. The van der Waals surface area contributed by atoms with E-state index in [1.807, 2.05) is 65.7 Å². The van der Waals surface area contributed by atoms with Crippen molar-refractivity contribution in [2.24, 2.45) is 0 Å². The highest BCUT2D eigenvalue weighted by atomic mass is 16.5. The molecule has 0 saturated heterocycles. The van der Waals surface area contributed by atoms with Gasteiger partial charge in [0.2, 0.25) is 5.43 Å². The van der Waals surface area contributed by atoms with Crippen molar-refractivity contribution in [3.63, 3.8) is 0 Å². The first-order chi connectivity index (χ1) is 15.6. The third kappa shape index (κ3) is 3.46. The molecule has 0 fully saturated rings. The molecule has 0 spiro atoms. The molecule has 1 N–H and O–H groups in total. The molecule has 1 aromatic heterocycles. The number of pyridine rings is 1. The Bertz CT molecular complexity index is 1240. The first-order valence-electron chi connectivity index (χ1n) is 10.5. The number of hydrogen-bond acceptors (Lipinski definition) is 5. The summed E-state index contributed by atoms with van der Waals surface area (Å²) in [6.07, 6.45) is 5.31. The lowest BCUT2D eigenvalue weighted by Gasteiger charge is -2.44. The van der Waals surface area contributed by atoms with Gasteiger partial charge in [-0.05, 0) is 16.7 Å². The Kier molecular flexibility index (Phi) is 5.25. The van der Waals surface area contributed by atoms with Gasteiger partial charge >= 0.3 is 0 Å². The topological polar surface area (TPSA) is 75.0 Å². The second-order valence-corrected chi connectivity index (χ2v) is 7.83. The first-order valence-corrected chi connectivity index (χ1v) is 10.5. The van der Waals surface area contributed by atoms with Gasteiger partial charge < -0.3 is 14.7 Å². The van der Waals surface area contributed by atoms with Crippen LogP contribution < -0.4 is 10.4 Å². The molecule has 162 valence electrons. The molecule has 7 nitrogen and oxygen atoms in total. The first kappa shape index (κ1) is 20.1. The van der Waals surface area contributed by atoms with Crippen molar-refractivity contribution in [1.29, 1.82) is 0 Å². The Hall–Kier alpha value is -3.84. The van der Waals surface area contributed by atoms with E-state index in [4.69, 9.17) is 4.74 Å². The zero-order chi connectivity index (χ0) is 22.1. The zero-order valence-corrected chi connectivity index (χ0v) is 17.4. The van der Waals surface area contributed by atoms with Gasteiger partial charge in [-0.2, -0.15) is 0 Å². The van der Waals surface area contributed by atoms with E-state index in [9.17, 15) is 14.7 Å². The number of fused-ring (bicyclic) bond motifs is 5. The van der Waals surface area contributed by atoms with E-state index in [1.165, 1.54) is 6.07 Å². The SMILES string of the molecule is O=C1c2c(O)c(=O)ccn2N2CN1C/C=C\COCc1ccccc1C2c1ccccc1. The average molecular weight is 429 g/mol. The van der Waals surface area contributed by atoms with Crippen LogP contribution in [0.1, 0.15) is 33.2 Å². The lowest BCUT2D eigenvalue weighted by Crippen LogP contribution is -2.55. The van der Waals surface area contributed by atoms with Gasteiger partial charge in [0.15, 0.2) is 11.4 Å². The zero-order valence-electron chi connectivity index (χ0n) is 17.4. The van der Waals surface area contributed by atoms with Gasteiger partial charge in [-0.3, -0.25) is 19.3 Å². The molecule has 2 aromatic carbocycles. The normalized spacial score (nSPS) is 19.4. The van der Waals surface area contributed by atoms with E-state index in [0.29, 0.717) is 19.8 Å². The summed E-state index contributed by atoms with van der Waals surface area (Å²) in [5, 5.41) is 12.6. The van der Waals surface area contributed by atoms with Gasteiger partial charge in [-0.1, -0.05) is 66.7 Å². The molecule has 7 heteroatoms. The van der Waals surface area contributed by atoms with E-state index in [0.717, 1.165) is 16.7 Å². The Morgan fingerprint density at radius 1 is 0.938 bits per heavy atom. The molecule has 32 heavy (non-hydrogen) atoms. The molecule has 3 heterocycles. The van der Waals surface area contributed by atoms with Crippen LogP contribution in [-0.4, -0.2) is 40.4 Å². The van der Waals surface area contributed by atoms with Crippen LogP contribution in [0, 0.1) is 0 Å². The lowest BCUT2D eigenvalue weighted by molar-refractivity contribution is 0.0699. The molecule has 1 unspecified atom stereocenters. The quantitative estimate of drug-likeness (QED) is 0.602. The van der Waals surface area contributed by atoms with E-state index in [2.05, 4.69) is 6.07 Å². The highest BCUT2D eigenvalue weighted by Crippen LogP contribution is 2.34. The van der Waals surface area contributed by atoms with Gasteiger partial charge in [-0.15, -0.1) is 0 Å². The summed E-state index contributed by atoms with van der Waals surface area (Å²) in [5.41, 5.74) is 2.48. The molecule has 3 aromatic rings. The second-order valence-electron chi connectivity index (χ2n) is 7.83. The number of rotatable bonds is 1. The van der Waals surface area contributed by atoms with E-state index >= 15 is 0 Å². The fraction of sp³-hybridized carbons (Fsp3) is 0.200. The molecule has 0 radical (unpaired) electrons. The smallest absolute Gasteiger partial charge is 0.278 e. The van der Waals surface area contributed by atoms with Crippen LogP contribution in [0.4, 0.5) is 0 Å². The summed E-state index contributed by atoms with van der Waals surface area (Å²) in [6, 6.07) is 19.1. The van der Waals surface area contributed by atoms with Crippen molar-refractivity contribution in [2.75, 3.05) is 24.8 Å². The second kappa shape index (κ2) is 8.36. The monoisotopic (exact) mass is 429 g/mol. The van der Waals surface area contributed by atoms with Crippen LogP contribution in [-0.2, 0) is 11.3 Å². The van der Waals surface area contributed by atoms with Crippen molar-refractivity contribution in [1.82, 2.24) is 9.58 Å². The number of benzene rings is 2. The number of carbonyl (C=O) groups is 1. The summed E-state index contributed by atoms with van der Waals surface area (Å²) >= 11 is 0. The van der Waals surface area contributed by atoms with Crippen LogP contribution in [0.3, 0.4) is 0 Å². The van der Waals surface area contributed by atoms with Gasteiger partial charge in [-0.25, -0.2) is 0 Å². The number of hydrogen-bond donors (Lipinski definition) is 1. The molecule has 5 rings (SSSR count). The molecular weight excluding hydrogens is 406 g/mol. The van der Waals surface area contributed by atoms with Crippen LogP contribution in [0.15, 0.2) is 83.8 Å². The Morgan fingerprint density at radius 3 is 2.56 bits per heavy atom. The number of aromatic hydroxyl groups is 1. The summed E-state index contributed by atoms with van der Waals surface area (Å²) in [4.78, 5) is 27.0. The van der Waals surface area contributed by atoms with Crippen molar-refractivity contribution in [2.45, 2.75) is 12.6 Å². The molecule has 2 bridgehead atoms. The predicted molar refractivity (Wildman–Crippen MR) is 120 cm³/mol. The number of amides is 1. The Balaban J connectivity index is 1.78. The third-order valence-corrected chi connectivity index (χ3v) is 5.86. The molecule has 2 aliphatic heterocycles. The maximum atomic E-state index is 13.2. The minimum atomic E-state index is -0.576. The maximum absolute atomic E-state index is 13.2. The van der Waals surface area contributed by atoms with E-state index < -0.39 is 11.2 Å². The van der Waals surface area contributed by atoms with Crippen molar-refractivity contribution < 1.29 is 14.6 Å². The number of carbonyl (C=O) groups excluding carboxylic acids is 1. The van der Waals surface area contributed by atoms with Gasteiger partial charge in [0.25, 0.3) is 5.91 Å². The Morgan fingerprint density at radius 2 is 1.72 bits per heavy atom. The van der Waals surface area contributed by atoms with Gasteiger partial charge in [0.05, 0.1) is 19.3 Å². The molecule has 1 atom stereocenters. The standard InChI is InChI=1S/C25H23N3O4/c29-21-12-14-27-23(24(21)30)25(31)26-13-6-7-15-32-16-19-10-4-5-11-20(19)22(28(27)17-26)18-8-2-1-3-9-18/h1-12,14,22,30H,13,15-17H2/b7-6-. The summed E-state index contributed by atoms with van der Waals surface area (Å²) in [5.74, 6) is -0.925. The van der Waals surface area contributed by atoms with Gasteiger partial charge in [0.1, 0.15) is 6.67 Å². The molecule has 0 saturated carbocycles. The molecule has 0 aliphatic carbocycles. The maximum Gasteiger partial charge on any atom is 0.278 e. The minimum absolute atomic E-state index is 0.0242. The molecule has 2 aliphatic rings. The van der Waals surface area contributed by atoms with Crippen LogP contribution >= 0.6 is 0 Å². The van der Waals surface area contributed by atoms with Crippen LogP contribution in [0.25, 0.3) is 0 Å². The molecule has 1 amide bonds. The third-order valence-electron chi connectivity index (χ3n) is 5.86. The predicted octanol–water partition coefficient (Wildman–Crippen LogP) is 2.78. The van der Waals surface area contributed by atoms with E-state index in [1.54, 1.807) is 15.8 Å². The Labute approximate surface area is 185 Å². The van der Waals surface area contributed by atoms with Crippen LogP contribution in [0.2, 0.25) is 0 Å². The number of aromatic nitrogens is 1. The summed E-state index contributed by atoms with van der Waals surface area (Å²) in [7, 11) is 0. The van der Waals surface area contributed by atoms with Gasteiger partial charge in [0, 0.05) is 18.8 Å². The number of ether oxygens (including phenoxy) is 1. The summed E-state index contributed by atoms with van der Waals surface area (Å²) < 4.78 is 7.48.